The van der Waals surface area contributed by atoms with Crippen LogP contribution in [0.1, 0.15) is 17.3 Å². The van der Waals surface area contributed by atoms with Crippen LogP contribution < -0.4 is 5.32 Å². The first kappa shape index (κ1) is 10.9. The van der Waals surface area contributed by atoms with Crippen molar-refractivity contribution in [3.05, 3.63) is 29.8 Å². The summed E-state index contributed by atoms with van der Waals surface area (Å²) in [5.41, 5.74) is 1.60. The number of hydrogen-bond donors (Lipinski definition) is 1. The summed E-state index contributed by atoms with van der Waals surface area (Å²) in [6.07, 6.45) is 0.813. The highest BCUT2D eigenvalue weighted by Gasteiger charge is 2.04. The Kier molecular flexibility index (Phi) is 3.83. The molecule has 0 radical (unpaired) electrons. The van der Waals surface area contributed by atoms with Gasteiger partial charge in [-0.1, -0.05) is 28.1 Å². The van der Waals surface area contributed by atoms with E-state index in [4.69, 9.17) is 0 Å². The zero-order valence-corrected chi connectivity index (χ0v) is 9.24. The molecule has 74 valence electrons. The molecule has 0 heterocycles. The average Bonchev–Trinajstić information content (AvgIpc) is 2.17. The van der Waals surface area contributed by atoms with E-state index in [1.165, 1.54) is 6.92 Å². The van der Waals surface area contributed by atoms with Gasteiger partial charge in [-0.05, 0) is 17.7 Å². The van der Waals surface area contributed by atoms with E-state index in [0.717, 1.165) is 17.5 Å². The number of amides is 1. The van der Waals surface area contributed by atoms with Crippen LogP contribution in [0.2, 0.25) is 0 Å². The van der Waals surface area contributed by atoms with Crippen LogP contribution >= 0.6 is 15.9 Å². The van der Waals surface area contributed by atoms with Gasteiger partial charge in [0.2, 0.25) is 5.91 Å². The van der Waals surface area contributed by atoms with Crippen LogP contribution in [0, 0.1) is 0 Å². The maximum Gasteiger partial charge on any atom is 0.221 e. The van der Waals surface area contributed by atoms with E-state index in [1.807, 2.05) is 0 Å². The predicted octanol–water partition coefficient (Wildman–Crippen LogP) is 2.28. The smallest absolute Gasteiger partial charge is 0.221 e. The van der Waals surface area contributed by atoms with Crippen molar-refractivity contribution >= 4 is 33.8 Å². The molecule has 1 aromatic carbocycles. The molecule has 0 saturated heterocycles. The fourth-order valence-corrected chi connectivity index (χ4v) is 1.34. The summed E-state index contributed by atoms with van der Waals surface area (Å²) in [7, 11) is 0. The molecule has 0 bridgehead atoms. The van der Waals surface area contributed by atoms with Gasteiger partial charge in [0.25, 0.3) is 0 Å². The second-order valence-electron chi connectivity index (χ2n) is 2.84. The molecule has 0 aliphatic carbocycles. The standard InChI is InChI=1S/C10H10BrNO2/c1-7(14)12-9-4-2-8(3-5-9)10(11)6-13/h2-6,10H,1H3,(H,12,14). The third-order valence-electron chi connectivity index (χ3n) is 1.67. The molecular weight excluding hydrogens is 246 g/mol. The van der Waals surface area contributed by atoms with Gasteiger partial charge in [0.1, 0.15) is 6.29 Å². The monoisotopic (exact) mass is 255 g/mol. The number of hydrogen-bond acceptors (Lipinski definition) is 2. The number of rotatable bonds is 3. The first-order valence-electron chi connectivity index (χ1n) is 4.10. The van der Waals surface area contributed by atoms with Crippen molar-refractivity contribution in [2.45, 2.75) is 11.8 Å². The van der Waals surface area contributed by atoms with E-state index in [-0.39, 0.29) is 10.7 Å². The van der Waals surface area contributed by atoms with Crippen LogP contribution in [0.5, 0.6) is 0 Å². The van der Waals surface area contributed by atoms with Gasteiger partial charge in [0.15, 0.2) is 0 Å². The highest BCUT2D eigenvalue weighted by atomic mass is 79.9. The van der Waals surface area contributed by atoms with Gasteiger partial charge in [-0.15, -0.1) is 0 Å². The first-order chi connectivity index (χ1) is 6.63. The van der Waals surface area contributed by atoms with E-state index >= 15 is 0 Å². The van der Waals surface area contributed by atoms with Crippen molar-refractivity contribution < 1.29 is 9.59 Å². The van der Waals surface area contributed by atoms with Crippen molar-refractivity contribution in [2.24, 2.45) is 0 Å². The first-order valence-corrected chi connectivity index (χ1v) is 5.02. The van der Waals surface area contributed by atoms with E-state index < -0.39 is 0 Å². The lowest BCUT2D eigenvalue weighted by atomic mass is 10.1. The molecule has 0 aliphatic heterocycles. The molecule has 1 atom stereocenters. The van der Waals surface area contributed by atoms with Crippen LogP contribution in [-0.2, 0) is 9.59 Å². The zero-order chi connectivity index (χ0) is 10.6. The van der Waals surface area contributed by atoms with Gasteiger partial charge < -0.3 is 10.1 Å². The Hall–Kier alpha value is -1.16. The minimum absolute atomic E-state index is 0.108. The molecule has 3 nitrogen and oxygen atoms in total. The van der Waals surface area contributed by atoms with Crippen LogP contribution in [0.15, 0.2) is 24.3 Å². The van der Waals surface area contributed by atoms with Crippen molar-refractivity contribution in [1.82, 2.24) is 0 Å². The molecule has 4 heteroatoms. The van der Waals surface area contributed by atoms with Crippen LogP contribution in [0.3, 0.4) is 0 Å². The lowest BCUT2D eigenvalue weighted by Crippen LogP contribution is -2.05. The predicted molar refractivity (Wildman–Crippen MR) is 58.5 cm³/mol. The highest BCUT2D eigenvalue weighted by molar-refractivity contribution is 9.09. The summed E-state index contributed by atoms with van der Waals surface area (Å²) in [5.74, 6) is -0.108. The highest BCUT2D eigenvalue weighted by Crippen LogP contribution is 2.21. The molecule has 0 aromatic heterocycles. The number of aldehydes is 1. The quantitative estimate of drug-likeness (QED) is 0.666. The van der Waals surface area contributed by atoms with Gasteiger partial charge in [-0.2, -0.15) is 0 Å². The van der Waals surface area contributed by atoms with E-state index in [9.17, 15) is 9.59 Å². The summed E-state index contributed by atoms with van der Waals surface area (Å²) >= 11 is 3.20. The fraction of sp³-hybridized carbons (Fsp3) is 0.200. The number of nitrogens with one attached hydrogen (secondary N) is 1. The molecule has 0 fully saturated rings. The van der Waals surface area contributed by atoms with Crippen molar-refractivity contribution in [3.63, 3.8) is 0 Å². The maximum absolute atomic E-state index is 10.7. The van der Waals surface area contributed by atoms with Crippen LogP contribution in [0.4, 0.5) is 5.69 Å². The molecule has 1 N–H and O–H groups in total. The third-order valence-corrected chi connectivity index (χ3v) is 2.41. The van der Waals surface area contributed by atoms with Gasteiger partial charge in [0, 0.05) is 12.6 Å². The Labute approximate surface area is 90.6 Å². The molecule has 1 aromatic rings. The van der Waals surface area contributed by atoms with Gasteiger partial charge in [-0.25, -0.2) is 0 Å². The minimum Gasteiger partial charge on any atom is -0.326 e. The van der Waals surface area contributed by atoms with Crippen LogP contribution in [-0.4, -0.2) is 12.2 Å². The Morgan fingerprint density at radius 2 is 2.00 bits per heavy atom. The third kappa shape index (κ3) is 2.96. The largest absolute Gasteiger partial charge is 0.326 e. The van der Waals surface area contributed by atoms with Gasteiger partial charge >= 0.3 is 0 Å². The molecule has 0 aliphatic rings. The molecule has 1 rings (SSSR count). The molecule has 0 saturated carbocycles. The summed E-state index contributed by atoms with van der Waals surface area (Å²) < 4.78 is 0. The number of carbonyl (C=O) groups excluding carboxylic acids is 2. The minimum atomic E-state index is -0.283. The summed E-state index contributed by atoms with van der Waals surface area (Å²) in [6.45, 7) is 1.45. The van der Waals surface area contributed by atoms with E-state index in [1.54, 1.807) is 24.3 Å². The zero-order valence-electron chi connectivity index (χ0n) is 7.66. The van der Waals surface area contributed by atoms with E-state index in [0.29, 0.717) is 0 Å². The maximum atomic E-state index is 10.7. The SMILES string of the molecule is CC(=O)Nc1ccc(C(Br)C=O)cc1. The lowest BCUT2D eigenvalue weighted by Gasteiger charge is -2.05. The van der Waals surface area contributed by atoms with Crippen molar-refractivity contribution in [1.29, 1.82) is 0 Å². The number of benzene rings is 1. The van der Waals surface area contributed by atoms with E-state index in [2.05, 4.69) is 21.2 Å². The second kappa shape index (κ2) is 4.91. The average molecular weight is 256 g/mol. The molecule has 1 amide bonds. The Bertz CT molecular complexity index is 334. The Morgan fingerprint density at radius 3 is 2.43 bits per heavy atom. The lowest BCUT2D eigenvalue weighted by molar-refractivity contribution is -0.114. The Balaban J connectivity index is 2.78. The summed E-state index contributed by atoms with van der Waals surface area (Å²) in [5, 5.41) is 2.65. The molecule has 14 heavy (non-hydrogen) atoms. The number of halogens is 1. The molecule has 1 unspecified atom stereocenters. The van der Waals surface area contributed by atoms with Crippen molar-refractivity contribution in [2.75, 3.05) is 5.32 Å². The summed E-state index contributed by atoms with van der Waals surface area (Å²) in [6, 6.07) is 7.10. The van der Waals surface area contributed by atoms with Gasteiger partial charge in [-0.3, -0.25) is 4.79 Å². The number of anilines is 1. The van der Waals surface area contributed by atoms with Gasteiger partial charge in [0.05, 0.1) is 4.83 Å². The molecular formula is C10H10BrNO2. The second-order valence-corrected chi connectivity index (χ2v) is 3.83. The van der Waals surface area contributed by atoms with Crippen LogP contribution in [0.25, 0.3) is 0 Å². The fourth-order valence-electron chi connectivity index (χ4n) is 1.03. The Morgan fingerprint density at radius 1 is 1.43 bits per heavy atom. The normalized spacial score (nSPS) is 11.9. The van der Waals surface area contributed by atoms with Crippen molar-refractivity contribution in [3.8, 4) is 0 Å². The summed E-state index contributed by atoms with van der Waals surface area (Å²) in [4.78, 5) is 20.9. The topological polar surface area (TPSA) is 46.2 Å². The number of alkyl halides is 1. The molecule has 0 spiro atoms. The number of carbonyl (C=O) groups is 2.